The Balaban J connectivity index is 2.09. The SMILES string of the molecule is [CH2]NC1CC1c1ccccc1. The molecule has 1 nitrogen and oxygen atoms in total. The van der Waals surface area contributed by atoms with Crippen LogP contribution in [-0.4, -0.2) is 6.04 Å². The summed E-state index contributed by atoms with van der Waals surface area (Å²) in [5, 5.41) is 3.04. The average molecular weight is 146 g/mol. The number of rotatable bonds is 2. The molecule has 2 unspecified atom stereocenters. The minimum atomic E-state index is 0.623. The van der Waals surface area contributed by atoms with Crippen LogP contribution in [0.2, 0.25) is 0 Å². The topological polar surface area (TPSA) is 12.0 Å². The molecule has 2 atom stereocenters. The Morgan fingerprint density at radius 3 is 2.55 bits per heavy atom. The number of benzene rings is 1. The molecule has 0 heterocycles. The van der Waals surface area contributed by atoms with E-state index in [9.17, 15) is 0 Å². The molecule has 0 aromatic heterocycles. The third-order valence-corrected chi connectivity index (χ3v) is 2.28. The summed E-state index contributed by atoms with van der Waals surface area (Å²) in [6.07, 6.45) is 1.24. The van der Waals surface area contributed by atoms with E-state index in [1.54, 1.807) is 0 Å². The van der Waals surface area contributed by atoms with Crippen LogP contribution in [0.5, 0.6) is 0 Å². The second kappa shape index (κ2) is 2.67. The highest BCUT2D eigenvalue weighted by molar-refractivity contribution is 5.27. The normalized spacial score (nSPS) is 28.5. The molecular weight excluding hydrogens is 134 g/mol. The van der Waals surface area contributed by atoms with Gasteiger partial charge in [0.2, 0.25) is 0 Å². The summed E-state index contributed by atoms with van der Waals surface area (Å²) in [7, 11) is 3.67. The molecule has 1 N–H and O–H groups in total. The summed E-state index contributed by atoms with van der Waals surface area (Å²) in [5.74, 6) is 0.716. The maximum Gasteiger partial charge on any atom is 0.0143 e. The molecule has 1 radical (unpaired) electrons. The zero-order valence-corrected chi connectivity index (χ0v) is 6.46. The first-order valence-electron chi connectivity index (χ1n) is 3.99. The maximum absolute atomic E-state index is 3.67. The summed E-state index contributed by atoms with van der Waals surface area (Å²) in [5.41, 5.74) is 1.44. The third-order valence-electron chi connectivity index (χ3n) is 2.28. The molecule has 1 aliphatic rings. The molecule has 0 aliphatic heterocycles. The van der Waals surface area contributed by atoms with Gasteiger partial charge in [-0.15, -0.1) is 0 Å². The van der Waals surface area contributed by atoms with Crippen LogP contribution in [-0.2, 0) is 0 Å². The molecular formula is C10H12N. The molecule has 0 bridgehead atoms. The predicted octanol–water partition coefficient (Wildman–Crippen LogP) is 1.92. The van der Waals surface area contributed by atoms with Crippen molar-refractivity contribution in [2.24, 2.45) is 0 Å². The van der Waals surface area contributed by atoms with Gasteiger partial charge in [0.05, 0.1) is 0 Å². The standard InChI is InChI=1S/C10H12N/c1-11-10-7-9(10)8-5-3-2-4-6-8/h2-6,9-11H,1,7H2. The smallest absolute Gasteiger partial charge is 0.0143 e. The minimum Gasteiger partial charge on any atom is -0.312 e. The Morgan fingerprint density at radius 2 is 2.00 bits per heavy atom. The molecule has 57 valence electrons. The van der Waals surface area contributed by atoms with Gasteiger partial charge in [0, 0.05) is 19.0 Å². The Hall–Kier alpha value is -0.820. The molecule has 1 aliphatic carbocycles. The summed E-state index contributed by atoms with van der Waals surface area (Å²) < 4.78 is 0. The van der Waals surface area contributed by atoms with Gasteiger partial charge in [-0.25, -0.2) is 0 Å². The van der Waals surface area contributed by atoms with E-state index in [2.05, 4.69) is 42.7 Å². The molecule has 11 heavy (non-hydrogen) atoms. The molecule has 1 heteroatoms. The van der Waals surface area contributed by atoms with Crippen molar-refractivity contribution in [1.82, 2.24) is 5.32 Å². The van der Waals surface area contributed by atoms with Gasteiger partial charge in [-0.2, -0.15) is 0 Å². The fourth-order valence-corrected chi connectivity index (χ4v) is 1.49. The van der Waals surface area contributed by atoms with Crippen LogP contribution >= 0.6 is 0 Å². The molecule has 2 rings (SSSR count). The van der Waals surface area contributed by atoms with Crippen molar-refractivity contribution in [2.45, 2.75) is 18.4 Å². The van der Waals surface area contributed by atoms with Crippen molar-refractivity contribution in [2.75, 3.05) is 0 Å². The largest absolute Gasteiger partial charge is 0.312 e. The van der Waals surface area contributed by atoms with Crippen LogP contribution in [0.25, 0.3) is 0 Å². The number of hydrogen-bond donors (Lipinski definition) is 1. The molecule has 1 saturated carbocycles. The Morgan fingerprint density at radius 1 is 1.27 bits per heavy atom. The van der Waals surface area contributed by atoms with Crippen LogP contribution in [0.3, 0.4) is 0 Å². The van der Waals surface area contributed by atoms with E-state index in [-0.39, 0.29) is 0 Å². The summed E-state index contributed by atoms with van der Waals surface area (Å²) in [6, 6.07) is 11.2. The molecule has 0 saturated heterocycles. The lowest BCUT2D eigenvalue weighted by Gasteiger charge is -1.97. The van der Waals surface area contributed by atoms with Gasteiger partial charge in [-0.1, -0.05) is 30.3 Å². The maximum atomic E-state index is 3.67. The zero-order valence-electron chi connectivity index (χ0n) is 6.46. The third kappa shape index (κ3) is 1.29. The van der Waals surface area contributed by atoms with Crippen LogP contribution in [0.4, 0.5) is 0 Å². The van der Waals surface area contributed by atoms with Gasteiger partial charge >= 0.3 is 0 Å². The van der Waals surface area contributed by atoms with E-state index in [1.165, 1.54) is 12.0 Å². The molecule has 0 spiro atoms. The first-order chi connectivity index (χ1) is 5.42. The second-order valence-corrected chi connectivity index (χ2v) is 3.06. The minimum absolute atomic E-state index is 0.623. The highest BCUT2D eigenvalue weighted by Gasteiger charge is 2.36. The van der Waals surface area contributed by atoms with Crippen molar-refractivity contribution in [3.05, 3.63) is 42.9 Å². The summed E-state index contributed by atoms with van der Waals surface area (Å²) >= 11 is 0. The number of hydrogen-bond acceptors (Lipinski definition) is 1. The van der Waals surface area contributed by atoms with Crippen LogP contribution in [0.1, 0.15) is 17.9 Å². The predicted molar refractivity (Wildman–Crippen MR) is 46.1 cm³/mol. The first-order valence-corrected chi connectivity index (χ1v) is 3.99. The van der Waals surface area contributed by atoms with Gasteiger partial charge in [0.25, 0.3) is 0 Å². The van der Waals surface area contributed by atoms with E-state index in [0.717, 1.165) is 0 Å². The summed E-state index contributed by atoms with van der Waals surface area (Å²) in [4.78, 5) is 0. The second-order valence-electron chi connectivity index (χ2n) is 3.06. The van der Waals surface area contributed by atoms with Crippen LogP contribution < -0.4 is 5.32 Å². The van der Waals surface area contributed by atoms with Crippen molar-refractivity contribution in [3.63, 3.8) is 0 Å². The van der Waals surface area contributed by atoms with Crippen molar-refractivity contribution in [1.29, 1.82) is 0 Å². The fourth-order valence-electron chi connectivity index (χ4n) is 1.49. The molecule has 1 aromatic rings. The molecule has 0 amide bonds. The van der Waals surface area contributed by atoms with E-state index < -0.39 is 0 Å². The Labute approximate surface area is 67.4 Å². The first kappa shape index (κ1) is 6.86. The van der Waals surface area contributed by atoms with Crippen LogP contribution in [0, 0.1) is 7.05 Å². The monoisotopic (exact) mass is 146 g/mol. The highest BCUT2D eigenvalue weighted by Crippen LogP contribution is 2.40. The fraction of sp³-hybridized carbons (Fsp3) is 0.300. The Bertz CT molecular complexity index is 230. The van der Waals surface area contributed by atoms with Crippen LogP contribution in [0.15, 0.2) is 30.3 Å². The van der Waals surface area contributed by atoms with Gasteiger partial charge in [-0.05, 0) is 12.0 Å². The van der Waals surface area contributed by atoms with Crippen molar-refractivity contribution < 1.29 is 0 Å². The van der Waals surface area contributed by atoms with Gasteiger partial charge in [-0.3, -0.25) is 0 Å². The quantitative estimate of drug-likeness (QED) is 0.672. The lowest BCUT2D eigenvalue weighted by Crippen LogP contribution is -2.07. The lowest BCUT2D eigenvalue weighted by molar-refractivity contribution is 0.826. The summed E-state index contributed by atoms with van der Waals surface area (Å²) in [6.45, 7) is 0. The molecule has 1 aromatic carbocycles. The van der Waals surface area contributed by atoms with Crippen molar-refractivity contribution in [3.8, 4) is 0 Å². The lowest BCUT2D eigenvalue weighted by atomic mass is 10.1. The van der Waals surface area contributed by atoms with E-state index in [0.29, 0.717) is 12.0 Å². The highest BCUT2D eigenvalue weighted by atomic mass is 14.9. The van der Waals surface area contributed by atoms with E-state index >= 15 is 0 Å². The average Bonchev–Trinajstić information content (AvgIpc) is 2.85. The van der Waals surface area contributed by atoms with Gasteiger partial charge in [0.15, 0.2) is 0 Å². The van der Waals surface area contributed by atoms with E-state index in [1.807, 2.05) is 0 Å². The van der Waals surface area contributed by atoms with E-state index in [4.69, 9.17) is 0 Å². The van der Waals surface area contributed by atoms with Crippen molar-refractivity contribution >= 4 is 0 Å². The number of nitrogens with one attached hydrogen (secondary N) is 1. The molecule has 1 fully saturated rings. The van der Waals surface area contributed by atoms with Gasteiger partial charge in [0.1, 0.15) is 0 Å². The Kier molecular flexibility index (Phi) is 1.66. The van der Waals surface area contributed by atoms with Gasteiger partial charge < -0.3 is 5.32 Å². The zero-order chi connectivity index (χ0) is 7.68.